The van der Waals surface area contributed by atoms with E-state index in [4.69, 9.17) is 9.47 Å². The molecule has 2 heterocycles. The Morgan fingerprint density at radius 3 is 2.54 bits per heavy atom. The average molecular weight is 498 g/mol. The summed E-state index contributed by atoms with van der Waals surface area (Å²) < 4.78 is 12.5. The molecular weight excluding hydrogens is 470 g/mol. The van der Waals surface area contributed by atoms with Gasteiger partial charge in [0.15, 0.2) is 11.5 Å². The van der Waals surface area contributed by atoms with Crippen LogP contribution >= 0.6 is 0 Å². The van der Waals surface area contributed by atoms with Crippen LogP contribution in [0.3, 0.4) is 0 Å². The quantitative estimate of drug-likeness (QED) is 0.412. The van der Waals surface area contributed by atoms with Crippen LogP contribution in [0.25, 0.3) is 11.0 Å². The Balaban J connectivity index is 1.33. The first-order valence-corrected chi connectivity index (χ1v) is 12.5. The van der Waals surface area contributed by atoms with Gasteiger partial charge in [-0.05, 0) is 42.7 Å². The number of rotatable bonds is 7. The molecule has 188 valence electrons. The molecule has 1 aromatic heterocycles. The number of anilines is 1. The number of ether oxygens (including phenoxy) is 2. The van der Waals surface area contributed by atoms with Gasteiger partial charge in [-0.1, -0.05) is 60.5 Å². The van der Waals surface area contributed by atoms with Crippen LogP contribution in [-0.2, 0) is 22.7 Å². The summed E-state index contributed by atoms with van der Waals surface area (Å²) >= 11 is 0. The molecule has 0 bridgehead atoms. The maximum atomic E-state index is 14.0. The lowest BCUT2D eigenvalue weighted by atomic mass is 9.92. The Kier molecular flexibility index (Phi) is 5.96. The number of nitrogens with one attached hydrogen (secondary N) is 1. The minimum Gasteiger partial charge on any atom is -0.454 e. The van der Waals surface area contributed by atoms with Crippen LogP contribution in [0.2, 0.25) is 0 Å². The van der Waals surface area contributed by atoms with Crippen molar-refractivity contribution in [1.29, 1.82) is 0 Å². The van der Waals surface area contributed by atoms with Crippen molar-refractivity contribution < 1.29 is 19.1 Å². The minimum absolute atomic E-state index is 0.00754. The number of benzene rings is 3. The third-order valence-corrected chi connectivity index (χ3v) is 7.19. The van der Waals surface area contributed by atoms with Gasteiger partial charge in [-0.2, -0.15) is 0 Å². The van der Waals surface area contributed by atoms with Gasteiger partial charge in [-0.15, -0.1) is 5.10 Å². The van der Waals surface area contributed by atoms with E-state index in [1.54, 1.807) is 27.8 Å². The van der Waals surface area contributed by atoms with Crippen molar-refractivity contribution in [2.75, 3.05) is 12.1 Å². The monoisotopic (exact) mass is 497 g/mol. The molecule has 2 aliphatic rings. The second-order valence-corrected chi connectivity index (χ2v) is 9.46. The minimum atomic E-state index is -0.986. The molecule has 1 saturated carbocycles. The normalized spacial score (nSPS) is 15.6. The lowest BCUT2D eigenvalue weighted by Gasteiger charge is -2.40. The highest BCUT2D eigenvalue weighted by atomic mass is 16.7. The molecule has 1 N–H and O–H groups in total. The van der Waals surface area contributed by atoms with E-state index in [1.165, 1.54) is 0 Å². The zero-order chi connectivity index (χ0) is 25.2. The zero-order valence-electron chi connectivity index (χ0n) is 20.3. The predicted molar refractivity (Wildman–Crippen MR) is 137 cm³/mol. The van der Waals surface area contributed by atoms with Gasteiger partial charge >= 0.3 is 0 Å². The van der Waals surface area contributed by atoms with Crippen molar-refractivity contribution in [2.24, 2.45) is 0 Å². The predicted octanol–water partition coefficient (Wildman–Crippen LogP) is 4.14. The second-order valence-electron chi connectivity index (χ2n) is 9.46. The maximum absolute atomic E-state index is 14.0. The summed E-state index contributed by atoms with van der Waals surface area (Å²) in [4.78, 5) is 29.7. The molecule has 1 aliphatic carbocycles. The second kappa shape index (κ2) is 9.57. The number of carbonyl (C=O) groups excluding carboxylic acids is 2. The molecular formula is C28H27N5O4. The van der Waals surface area contributed by atoms with E-state index in [0.717, 1.165) is 29.4 Å². The highest BCUT2D eigenvalue weighted by molar-refractivity contribution is 6.01. The first-order valence-electron chi connectivity index (χ1n) is 12.5. The summed E-state index contributed by atoms with van der Waals surface area (Å²) in [5.74, 6) is 0.863. The Hall–Kier alpha value is -4.40. The Morgan fingerprint density at radius 2 is 1.70 bits per heavy atom. The van der Waals surface area contributed by atoms with Crippen molar-refractivity contribution in [3.05, 3.63) is 78.4 Å². The number of amides is 2. The van der Waals surface area contributed by atoms with Crippen molar-refractivity contribution in [2.45, 2.75) is 44.3 Å². The van der Waals surface area contributed by atoms with Gasteiger partial charge < -0.3 is 19.7 Å². The van der Waals surface area contributed by atoms with E-state index >= 15 is 0 Å². The van der Waals surface area contributed by atoms with Crippen LogP contribution in [0.4, 0.5) is 5.69 Å². The van der Waals surface area contributed by atoms with Crippen molar-refractivity contribution in [1.82, 2.24) is 19.9 Å². The zero-order valence-corrected chi connectivity index (χ0v) is 20.3. The van der Waals surface area contributed by atoms with Gasteiger partial charge in [0.05, 0.1) is 5.52 Å². The van der Waals surface area contributed by atoms with Crippen LogP contribution in [-0.4, -0.2) is 44.0 Å². The molecule has 37 heavy (non-hydrogen) atoms. The van der Waals surface area contributed by atoms with Gasteiger partial charge in [0.2, 0.25) is 18.6 Å². The molecule has 3 aromatic carbocycles. The highest BCUT2D eigenvalue weighted by Crippen LogP contribution is 2.39. The first-order chi connectivity index (χ1) is 18.1. The molecule has 1 fully saturated rings. The van der Waals surface area contributed by atoms with Crippen molar-refractivity contribution in [3.8, 4) is 11.5 Å². The molecule has 0 saturated heterocycles. The van der Waals surface area contributed by atoms with Crippen molar-refractivity contribution in [3.63, 3.8) is 0 Å². The molecule has 9 nitrogen and oxygen atoms in total. The number of hydrogen-bond donors (Lipinski definition) is 1. The summed E-state index contributed by atoms with van der Waals surface area (Å²) in [6.07, 6.45) is 2.89. The topological polar surface area (TPSA) is 98.6 Å². The van der Waals surface area contributed by atoms with Crippen LogP contribution in [0, 0.1) is 0 Å². The summed E-state index contributed by atoms with van der Waals surface area (Å²) in [5, 5.41) is 11.5. The Bertz CT molecular complexity index is 1450. The lowest BCUT2D eigenvalue weighted by molar-refractivity contribution is -0.147. The third-order valence-electron chi connectivity index (χ3n) is 7.19. The van der Waals surface area contributed by atoms with Gasteiger partial charge in [-0.25, -0.2) is 4.68 Å². The number of hydrogen-bond acceptors (Lipinski definition) is 6. The third kappa shape index (κ3) is 4.37. The molecule has 0 spiro atoms. The van der Waals surface area contributed by atoms with E-state index in [1.807, 2.05) is 54.6 Å². The van der Waals surface area contributed by atoms with Crippen LogP contribution in [0.5, 0.6) is 11.5 Å². The van der Waals surface area contributed by atoms with Crippen LogP contribution in [0.15, 0.2) is 72.8 Å². The summed E-state index contributed by atoms with van der Waals surface area (Å²) in [6, 6.07) is 22.6. The number of para-hydroxylation sites is 1. The molecule has 2 amide bonds. The van der Waals surface area contributed by atoms with Crippen LogP contribution < -0.4 is 14.8 Å². The largest absolute Gasteiger partial charge is 0.454 e. The fourth-order valence-electron chi connectivity index (χ4n) is 5.29. The summed E-state index contributed by atoms with van der Waals surface area (Å²) in [5.41, 5.74) is 2.08. The fourth-order valence-corrected chi connectivity index (χ4v) is 5.29. The molecule has 9 heteroatoms. The van der Waals surface area contributed by atoms with Gasteiger partial charge in [0, 0.05) is 18.3 Å². The van der Waals surface area contributed by atoms with E-state index in [0.29, 0.717) is 36.6 Å². The average Bonchev–Trinajstić information content (AvgIpc) is 3.68. The number of fused-ring (bicyclic) bond motifs is 2. The summed E-state index contributed by atoms with van der Waals surface area (Å²) in [7, 11) is 0. The summed E-state index contributed by atoms with van der Waals surface area (Å²) in [6.45, 7) is 0.472. The number of carbonyl (C=O) groups is 2. The van der Waals surface area contributed by atoms with E-state index < -0.39 is 5.54 Å². The van der Waals surface area contributed by atoms with Crippen LogP contribution in [0.1, 0.15) is 31.2 Å². The van der Waals surface area contributed by atoms with E-state index in [-0.39, 0.29) is 25.2 Å². The molecule has 0 radical (unpaired) electrons. The molecule has 1 aliphatic heterocycles. The van der Waals surface area contributed by atoms with Gasteiger partial charge in [0.25, 0.3) is 0 Å². The smallest absolute Gasteiger partial charge is 0.250 e. The lowest BCUT2D eigenvalue weighted by Crippen LogP contribution is -2.57. The molecule has 0 atom stereocenters. The first kappa shape index (κ1) is 23.0. The van der Waals surface area contributed by atoms with Crippen molar-refractivity contribution >= 4 is 28.5 Å². The van der Waals surface area contributed by atoms with E-state index in [2.05, 4.69) is 15.6 Å². The Labute approximate surface area is 214 Å². The van der Waals surface area contributed by atoms with E-state index in [9.17, 15) is 9.59 Å². The molecule has 6 rings (SSSR count). The number of nitrogens with zero attached hydrogens (tertiary/aromatic N) is 4. The van der Waals surface area contributed by atoms with Gasteiger partial charge in [0.1, 0.15) is 17.6 Å². The standard InChI is InChI=1S/C28H27N5O4/c34-26(18-33-23-11-5-4-10-22(23)30-31-33)32(17-20-8-2-1-3-9-20)28(14-6-7-15-28)27(35)29-21-12-13-24-25(16-21)37-19-36-24/h1-5,8-13,16H,6-7,14-15,17-19H2,(H,29,35). The Morgan fingerprint density at radius 1 is 0.946 bits per heavy atom. The maximum Gasteiger partial charge on any atom is 0.250 e. The molecule has 0 unspecified atom stereocenters. The fraction of sp³-hybridized carbons (Fsp3) is 0.286. The van der Waals surface area contributed by atoms with Gasteiger partial charge in [-0.3, -0.25) is 9.59 Å². The highest BCUT2D eigenvalue weighted by Gasteiger charge is 2.48. The molecule has 4 aromatic rings. The number of aromatic nitrogens is 3. The SMILES string of the molecule is O=C(Cn1nnc2ccccc21)N(Cc1ccccc1)C1(C(=O)Nc2ccc3c(c2)OCO3)CCCC1.